The Morgan fingerprint density at radius 3 is 2.50 bits per heavy atom. The summed E-state index contributed by atoms with van der Waals surface area (Å²) in [6.07, 6.45) is 2.79. The molecule has 0 radical (unpaired) electrons. The van der Waals surface area contributed by atoms with E-state index in [1.165, 1.54) is 0 Å². The molecule has 1 unspecified atom stereocenters. The van der Waals surface area contributed by atoms with E-state index in [0.29, 0.717) is 18.6 Å². The zero-order chi connectivity index (χ0) is 18.4. The van der Waals surface area contributed by atoms with Crippen LogP contribution in [0.3, 0.4) is 0 Å². The van der Waals surface area contributed by atoms with Crippen molar-refractivity contribution in [3.8, 4) is 0 Å². The van der Waals surface area contributed by atoms with Crippen LogP contribution in [-0.2, 0) is 22.1 Å². The maximum Gasteiger partial charge on any atom is 0.222 e. The molecular formula is C19H23BrN2O3S. The zero-order valence-electron chi connectivity index (χ0n) is 14.6. The normalized spacial score (nSPS) is 16.6. The van der Waals surface area contributed by atoms with Gasteiger partial charge in [0.25, 0.3) is 0 Å². The minimum Gasteiger partial charge on any atom is -0.468 e. The summed E-state index contributed by atoms with van der Waals surface area (Å²) in [4.78, 5) is 17.4. The number of amides is 1. The number of rotatable bonds is 7. The van der Waals surface area contributed by atoms with E-state index in [-0.39, 0.29) is 5.91 Å². The summed E-state index contributed by atoms with van der Waals surface area (Å²) >= 11 is 3.37. The van der Waals surface area contributed by atoms with E-state index < -0.39 is 10.8 Å². The smallest absolute Gasteiger partial charge is 0.222 e. The molecule has 3 rings (SSSR count). The highest BCUT2D eigenvalue weighted by Gasteiger charge is 2.21. The standard InChI is InChI=1S/C19H23BrN2O3S/c20-16-5-7-18(8-6-16)26(24)14-2-4-19(23)22-11-9-21(10-12-22)15-17-3-1-13-25-17/h1,3,5-8,13H,2,4,9-12,14-15H2. The molecule has 1 fully saturated rings. The first-order chi connectivity index (χ1) is 12.6. The zero-order valence-corrected chi connectivity index (χ0v) is 17.0. The Hall–Kier alpha value is -1.44. The molecule has 2 heterocycles. The van der Waals surface area contributed by atoms with Gasteiger partial charge < -0.3 is 9.32 Å². The molecule has 2 aromatic rings. The lowest BCUT2D eigenvalue weighted by molar-refractivity contribution is -0.133. The molecule has 1 aliphatic rings. The van der Waals surface area contributed by atoms with Gasteiger partial charge in [-0.05, 0) is 42.8 Å². The van der Waals surface area contributed by atoms with Crippen molar-refractivity contribution < 1.29 is 13.4 Å². The summed E-state index contributed by atoms with van der Waals surface area (Å²) in [5.74, 6) is 1.64. The van der Waals surface area contributed by atoms with Crippen molar-refractivity contribution in [3.63, 3.8) is 0 Å². The first-order valence-electron chi connectivity index (χ1n) is 8.78. The predicted molar refractivity (Wildman–Crippen MR) is 105 cm³/mol. The van der Waals surface area contributed by atoms with Crippen molar-refractivity contribution in [2.75, 3.05) is 31.9 Å². The topological polar surface area (TPSA) is 53.8 Å². The van der Waals surface area contributed by atoms with Crippen molar-refractivity contribution in [3.05, 3.63) is 52.9 Å². The molecule has 1 amide bonds. The second-order valence-corrected chi connectivity index (χ2v) is 8.83. The van der Waals surface area contributed by atoms with Crippen molar-refractivity contribution in [1.29, 1.82) is 0 Å². The van der Waals surface area contributed by atoms with Gasteiger partial charge in [-0.15, -0.1) is 0 Å². The van der Waals surface area contributed by atoms with Crippen LogP contribution in [0.2, 0.25) is 0 Å². The number of halogens is 1. The summed E-state index contributed by atoms with van der Waals surface area (Å²) in [5, 5.41) is 0. The molecule has 0 saturated carbocycles. The van der Waals surface area contributed by atoms with E-state index in [0.717, 1.165) is 47.9 Å². The van der Waals surface area contributed by atoms with Crippen LogP contribution in [0.4, 0.5) is 0 Å². The molecule has 0 bridgehead atoms. The predicted octanol–water partition coefficient (Wildman–Crippen LogP) is 3.27. The van der Waals surface area contributed by atoms with E-state index in [1.54, 1.807) is 6.26 Å². The molecule has 1 aromatic carbocycles. The first-order valence-corrected chi connectivity index (χ1v) is 10.9. The number of carbonyl (C=O) groups is 1. The van der Waals surface area contributed by atoms with E-state index in [4.69, 9.17) is 4.42 Å². The molecule has 1 saturated heterocycles. The summed E-state index contributed by atoms with van der Waals surface area (Å²) in [7, 11) is -1.05. The lowest BCUT2D eigenvalue weighted by Gasteiger charge is -2.34. The van der Waals surface area contributed by atoms with Gasteiger partial charge in [-0.25, -0.2) is 0 Å². The fourth-order valence-electron chi connectivity index (χ4n) is 3.00. The maximum atomic E-state index is 12.4. The molecule has 0 spiro atoms. The summed E-state index contributed by atoms with van der Waals surface area (Å²) in [6, 6.07) is 11.4. The molecular weight excluding hydrogens is 416 g/mol. The maximum absolute atomic E-state index is 12.4. The summed E-state index contributed by atoms with van der Waals surface area (Å²) in [5.41, 5.74) is 0. The molecule has 7 heteroatoms. The van der Waals surface area contributed by atoms with Crippen LogP contribution in [-0.4, -0.2) is 51.8 Å². The average molecular weight is 439 g/mol. The van der Waals surface area contributed by atoms with Gasteiger partial charge in [0.2, 0.25) is 5.91 Å². The Labute approximate surface area is 164 Å². The molecule has 1 atom stereocenters. The third kappa shape index (κ3) is 5.53. The van der Waals surface area contributed by atoms with Gasteiger partial charge in [0.15, 0.2) is 0 Å². The average Bonchev–Trinajstić information content (AvgIpc) is 3.15. The van der Waals surface area contributed by atoms with Gasteiger partial charge in [0, 0.05) is 47.7 Å². The Morgan fingerprint density at radius 1 is 1.12 bits per heavy atom. The van der Waals surface area contributed by atoms with Crippen molar-refractivity contribution in [2.24, 2.45) is 0 Å². The fourth-order valence-corrected chi connectivity index (χ4v) is 4.34. The molecule has 1 aliphatic heterocycles. The molecule has 26 heavy (non-hydrogen) atoms. The van der Waals surface area contributed by atoms with Crippen molar-refractivity contribution in [2.45, 2.75) is 24.3 Å². The number of benzene rings is 1. The fraction of sp³-hybridized carbons (Fsp3) is 0.421. The number of carbonyl (C=O) groups excluding carboxylic acids is 1. The molecule has 140 valence electrons. The molecule has 0 aliphatic carbocycles. The van der Waals surface area contributed by atoms with E-state index in [9.17, 15) is 9.00 Å². The van der Waals surface area contributed by atoms with Gasteiger partial charge >= 0.3 is 0 Å². The van der Waals surface area contributed by atoms with E-state index >= 15 is 0 Å². The number of hydrogen-bond donors (Lipinski definition) is 0. The van der Waals surface area contributed by atoms with Gasteiger partial charge in [-0.3, -0.25) is 13.9 Å². The first kappa shape index (κ1) is 19.3. The van der Waals surface area contributed by atoms with Gasteiger partial charge in [-0.2, -0.15) is 0 Å². The minimum atomic E-state index is -1.05. The monoisotopic (exact) mass is 438 g/mol. The summed E-state index contributed by atoms with van der Waals surface area (Å²) in [6.45, 7) is 4.00. The Kier molecular flexibility index (Phi) is 7.05. The highest BCUT2D eigenvalue weighted by atomic mass is 79.9. The highest BCUT2D eigenvalue weighted by Crippen LogP contribution is 2.15. The van der Waals surface area contributed by atoms with Crippen LogP contribution < -0.4 is 0 Å². The number of furan rings is 1. The van der Waals surface area contributed by atoms with Crippen LogP contribution >= 0.6 is 15.9 Å². The van der Waals surface area contributed by atoms with E-state index in [2.05, 4.69) is 20.8 Å². The number of piperazine rings is 1. The molecule has 5 nitrogen and oxygen atoms in total. The molecule has 0 N–H and O–H groups in total. The second-order valence-electron chi connectivity index (χ2n) is 6.34. The Morgan fingerprint density at radius 2 is 1.85 bits per heavy atom. The third-order valence-corrected chi connectivity index (χ3v) is 6.47. The van der Waals surface area contributed by atoms with Gasteiger partial charge in [0.05, 0.1) is 23.6 Å². The Bertz CT molecular complexity index is 726. The summed E-state index contributed by atoms with van der Waals surface area (Å²) < 4.78 is 18.6. The van der Waals surface area contributed by atoms with Gasteiger partial charge in [0.1, 0.15) is 5.76 Å². The Balaban J connectivity index is 1.36. The quantitative estimate of drug-likeness (QED) is 0.665. The number of hydrogen-bond acceptors (Lipinski definition) is 4. The largest absolute Gasteiger partial charge is 0.468 e. The second kappa shape index (κ2) is 9.48. The van der Waals surface area contributed by atoms with Crippen LogP contribution in [0, 0.1) is 0 Å². The van der Waals surface area contributed by atoms with Crippen LogP contribution in [0.15, 0.2) is 56.4 Å². The lowest BCUT2D eigenvalue weighted by Crippen LogP contribution is -2.48. The van der Waals surface area contributed by atoms with Crippen molar-refractivity contribution in [1.82, 2.24) is 9.80 Å². The highest BCUT2D eigenvalue weighted by molar-refractivity contribution is 9.10. The van der Waals surface area contributed by atoms with Crippen LogP contribution in [0.25, 0.3) is 0 Å². The SMILES string of the molecule is O=C(CCCS(=O)c1ccc(Br)cc1)N1CCN(Cc2ccco2)CC1. The van der Waals surface area contributed by atoms with Gasteiger partial charge in [-0.1, -0.05) is 15.9 Å². The molecule has 1 aromatic heterocycles. The lowest BCUT2D eigenvalue weighted by atomic mass is 10.2. The van der Waals surface area contributed by atoms with Crippen molar-refractivity contribution >= 4 is 32.6 Å². The van der Waals surface area contributed by atoms with Crippen LogP contribution in [0.5, 0.6) is 0 Å². The number of nitrogens with zero attached hydrogens (tertiary/aromatic N) is 2. The van der Waals surface area contributed by atoms with E-state index in [1.807, 2.05) is 41.3 Å². The third-order valence-electron chi connectivity index (χ3n) is 4.48. The van der Waals surface area contributed by atoms with Crippen LogP contribution in [0.1, 0.15) is 18.6 Å². The minimum absolute atomic E-state index is 0.162.